The Morgan fingerprint density at radius 3 is 3.20 bits per heavy atom. The molecule has 2 nitrogen and oxygen atoms in total. The quantitative estimate of drug-likeness (QED) is 0.607. The van der Waals surface area contributed by atoms with Crippen LogP contribution in [-0.2, 0) is 0 Å². The lowest BCUT2D eigenvalue weighted by Gasteiger charge is -1.82. The van der Waals surface area contributed by atoms with Crippen molar-refractivity contribution in [3.05, 3.63) is 23.5 Å². The van der Waals surface area contributed by atoms with Gasteiger partial charge in [-0.3, -0.25) is 0 Å². The van der Waals surface area contributed by atoms with Crippen molar-refractivity contribution in [2.24, 2.45) is 0 Å². The van der Waals surface area contributed by atoms with Crippen molar-refractivity contribution < 1.29 is 0 Å². The third kappa shape index (κ3) is 0.786. The fraction of sp³-hybridized carbons (Fsp3) is 0. The molecule has 10 heavy (non-hydrogen) atoms. The predicted octanol–water partition coefficient (Wildman–Crippen LogP) is 2.34. The molecule has 0 aliphatic heterocycles. The summed E-state index contributed by atoms with van der Waals surface area (Å²) in [6, 6.07) is 3.76. The van der Waals surface area contributed by atoms with Gasteiger partial charge in [0.2, 0.25) is 0 Å². The van der Waals surface area contributed by atoms with Gasteiger partial charge in [0.1, 0.15) is 4.83 Å². The molecule has 0 aromatic carbocycles. The number of hydrogen-bond acceptors (Lipinski definition) is 3. The van der Waals surface area contributed by atoms with E-state index in [4.69, 9.17) is 11.6 Å². The zero-order valence-corrected chi connectivity index (χ0v) is 6.49. The molecule has 0 aliphatic rings. The van der Waals surface area contributed by atoms with E-state index in [1.807, 2.05) is 12.1 Å². The smallest absolute Gasteiger partial charge is 0.152 e. The fourth-order valence-corrected chi connectivity index (χ4v) is 1.70. The number of hydrogen-bond donors (Lipinski definition) is 0. The minimum absolute atomic E-state index is 0.549. The molecule has 0 bridgehead atoms. The maximum atomic E-state index is 5.73. The van der Waals surface area contributed by atoms with Gasteiger partial charge in [-0.15, -0.1) is 0 Å². The molecule has 0 fully saturated rings. The Labute approximate surface area is 66.6 Å². The number of pyridine rings is 1. The third-order valence-corrected chi connectivity index (χ3v) is 2.37. The molecule has 0 spiro atoms. The van der Waals surface area contributed by atoms with E-state index in [2.05, 4.69) is 9.36 Å². The van der Waals surface area contributed by atoms with Crippen molar-refractivity contribution in [2.75, 3.05) is 0 Å². The van der Waals surface area contributed by atoms with Gasteiger partial charge in [-0.2, -0.15) is 4.37 Å². The van der Waals surface area contributed by atoms with Gasteiger partial charge in [0.15, 0.2) is 5.15 Å². The summed E-state index contributed by atoms with van der Waals surface area (Å²) in [5.74, 6) is 0. The van der Waals surface area contributed by atoms with Gasteiger partial charge in [0.05, 0.1) is 5.39 Å². The molecule has 50 valence electrons. The summed E-state index contributed by atoms with van der Waals surface area (Å²) < 4.78 is 3.94. The van der Waals surface area contributed by atoms with Crippen molar-refractivity contribution in [1.29, 1.82) is 0 Å². The van der Waals surface area contributed by atoms with Crippen LogP contribution in [0.1, 0.15) is 0 Å². The van der Waals surface area contributed by atoms with E-state index in [0.717, 1.165) is 10.2 Å². The highest BCUT2D eigenvalue weighted by molar-refractivity contribution is 7.13. The first kappa shape index (κ1) is 6.07. The van der Waals surface area contributed by atoms with Crippen molar-refractivity contribution in [2.45, 2.75) is 0 Å². The zero-order chi connectivity index (χ0) is 6.97. The summed E-state index contributed by atoms with van der Waals surface area (Å²) in [6.07, 6.45) is 1.73. The van der Waals surface area contributed by atoms with Gasteiger partial charge in [0, 0.05) is 6.20 Å². The summed E-state index contributed by atoms with van der Waals surface area (Å²) in [5, 5.41) is 1.49. The molecule has 0 atom stereocenters. The van der Waals surface area contributed by atoms with Gasteiger partial charge in [-0.05, 0) is 23.7 Å². The monoisotopic (exact) mass is 170 g/mol. The van der Waals surface area contributed by atoms with Crippen molar-refractivity contribution in [3.8, 4) is 0 Å². The topological polar surface area (TPSA) is 25.8 Å². The van der Waals surface area contributed by atoms with Crippen molar-refractivity contribution in [3.63, 3.8) is 0 Å². The van der Waals surface area contributed by atoms with Crippen LogP contribution in [0.3, 0.4) is 0 Å². The number of aromatic nitrogens is 2. The average molecular weight is 171 g/mol. The van der Waals surface area contributed by atoms with E-state index in [-0.39, 0.29) is 0 Å². The fourth-order valence-electron chi connectivity index (χ4n) is 0.753. The second kappa shape index (κ2) is 2.18. The molecule has 0 amide bonds. The Kier molecular flexibility index (Phi) is 1.32. The Bertz CT molecular complexity index is 357. The Hall–Kier alpha value is -0.670. The molecule has 0 radical (unpaired) electrons. The van der Waals surface area contributed by atoms with E-state index < -0.39 is 0 Å². The Morgan fingerprint density at radius 1 is 1.50 bits per heavy atom. The molecule has 0 aliphatic carbocycles. The second-order valence-corrected chi connectivity index (χ2v) is 2.94. The van der Waals surface area contributed by atoms with Gasteiger partial charge >= 0.3 is 0 Å². The van der Waals surface area contributed by atoms with Crippen LogP contribution in [0.2, 0.25) is 5.15 Å². The van der Waals surface area contributed by atoms with E-state index in [1.54, 1.807) is 6.20 Å². The highest BCUT2D eigenvalue weighted by atomic mass is 35.5. The summed E-state index contributed by atoms with van der Waals surface area (Å²) in [5.41, 5.74) is 0. The van der Waals surface area contributed by atoms with Gasteiger partial charge < -0.3 is 0 Å². The van der Waals surface area contributed by atoms with E-state index in [0.29, 0.717) is 5.15 Å². The van der Waals surface area contributed by atoms with Crippen LogP contribution in [0.25, 0.3) is 10.2 Å². The zero-order valence-electron chi connectivity index (χ0n) is 4.91. The largest absolute Gasteiger partial charge is 0.244 e. The third-order valence-electron chi connectivity index (χ3n) is 1.21. The molecule has 4 heteroatoms. The number of halogens is 1. The summed E-state index contributed by atoms with van der Waals surface area (Å²) in [6.45, 7) is 0. The van der Waals surface area contributed by atoms with E-state index >= 15 is 0 Å². The molecule has 2 aromatic rings. The van der Waals surface area contributed by atoms with Crippen LogP contribution < -0.4 is 0 Å². The Balaban J connectivity index is 2.93. The molecule has 0 unspecified atom stereocenters. The minimum atomic E-state index is 0.549. The molecule has 2 heterocycles. The molecule has 0 saturated heterocycles. The molecule has 0 saturated carbocycles. The summed E-state index contributed by atoms with van der Waals surface area (Å²) >= 11 is 7.05. The predicted molar refractivity (Wildman–Crippen MR) is 42.4 cm³/mol. The first-order valence-corrected chi connectivity index (χ1v) is 3.89. The number of nitrogens with zero attached hydrogens (tertiary/aromatic N) is 2. The van der Waals surface area contributed by atoms with Gasteiger partial charge in [0.25, 0.3) is 0 Å². The normalized spacial score (nSPS) is 10.5. The first-order valence-electron chi connectivity index (χ1n) is 2.74. The summed E-state index contributed by atoms with van der Waals surface area (Å²) in [4.78, 5) is 4.97. The highest BCUT2D eigenvalue weighted by Gasteiger charge is 2.00. The Morgan fingerprint density at radius 2 is 2.40 bits per heavy atom. The van der Waals surface area contributed by atoms with Crippen molar-refractivity contribution in [1.82, 2.24) is 9.36 Å². The molecule has 0 N–H and O–H groups in total. The van der Waals surface area contributed by atoms with Crippen LogP contribution in [0.5, 0.6) is 0 Å². The lowest BCUT2D eigenvalue weighted by Crippen LogP contribution is -1.67. The second-order valence-electron chi connectivity index (χ2n) is 1.83. The van der Waals surface area contributed by atoms with E-state index in [9.17, 15) is 0 Å². The van der Waals surface area contributed by atoms with Crippen LogP contribution in [-0.4, -0.2) is 9.36 Å². The standard InChI is InChI=1S/C6H3ClN2S/c7-5-4-2-1-3-8-6(4)10-9-5/h1-3H. The van der Waals surface area contributed by atoms with E-state index in [1.165, 1.54) is 11.5 Å². The first-order chi connectivity index (χ1) is 4.88. The molecular formula is C6H3ClN2S. The average Bonchev–Trinajstić information content (AvgIpc) is 2.34. The lowest BCUT2D eigenvalue weighted by molar-refractivity contribution is 1.45. The lowest BCUT2D eigenvalue weighted by atomic mass is 10.4. The van der Waals surface area contributed by atoms with Crippen LogP contribution in [0, 0.1) is 0 Å². The molecule has 2 aromatic heterocycles. The summed E-state index contributed by atoms with van der Waals surface area (Å²) in [7, 11) is 0. The van der Waals surface area contributed by atoms with Crippen LogP contribution in [0.4, 0.5) is 0 Å². The molecular weight excluding hydrogens is 168 g/mol. The SMILES string of the molecule is Clc1nsc2ncccc12. The maximum Gasteiger partial charge on any atom is 0.152 e. The number of rotatable bonds is 0. The highest BCUT2D eigenvalue weighted by Crippen LogP contribution is 2.23. The molecule has 2 rings (SSSR count). The van der Waals surface area contributed by atoms with Crippen LogP contribution >= 0.6 is 23.1 Å². The maximum absolute atomic E-state index is 5.73. The van der Waals surface area contributed by atoms with Gasteiger partial charge in [-0.25, -0.2) is 4.98 Å². The van der Waals surface area contributed by atoms with Crippen molar-refractivity contribution >= 4 is 33.4 Å². The minimum Gasteiger partial charge on any atom is -0.244 e. The number of fused-ring (bicyclic) bond motifs is 1. The van der Waals surface area contributed by atoms with Gasteiger partial charge in [-0.1, -0.05) is 11.6 Å². The van der Waals surface area contributed by atoms with Crippen LogP contribution in [0.15, 0.2) is 18.3 Å².